The Morgan fingerprint density at radius 3 is 2.72 bits per heavy atom. The highest BCUT2D eigenvalue weighted by molar-refractivity contribution is 5.97. The standard InChI is InChI=1S/C22H22N6O/c1-14(2)25-17-11-7-8-15(12-17)18-13-24-20(23)19(26-18)21-27-28-22(3,29-21)16-9-5-4-6-10-16/h4-13,25,28H,1H2,2-3H3,(H2,23,24)/t22-/m1/s1. The molecule has 2 aromatic carbocycles. The SMILES string of the molecule is C=C(C)Nc1cccc(-c2cnc(N)c(C3=NN[C@@](C)(c4ccccc4)O3)n2)c1. The van der Waals surface area contributed by atoms with E-state index in [4.69, 9.17) is 10.5 Å². The molecule has 3 aromatic rings. The normalized spacial score (nSPS) is 17.8. The molecule has 1 aromatic heterocycles. The summed E-state index contributed by atoms with van der Waals surface area (Å²) in [6.45, 7) is 7.68. The minimum absolute atomic E-state index is 0.253. The van der Waals surface area contributed by atoms with Gasteiger partial charge in [-0.3, -0.25) is 5.43 Å². The predicted molar refractivity (Wildman–Crippen MR) is 115 cm³/mol. The first-order valence-electron chi connectivity index (χ1n) is 9.20. The zero-order valence-corrected chi connectivity index (χ0v) is 16.3. The van der Waals surface area contributed by atoms with Crippen LogP contribution in [0.15, 0.2) is 78.2 Å². The number of nitrogen functional groups attached to an aromatic ring is 1. The molecule has 0 radical (unpaired) electrons. The molecule has 0 amide bonds. The number of hydrazone groups is 1. The molecule has 0 saturated carbocycles. The second-order valence-corrected chi connectivity index (χ2v) is 7.01. The highest BCUT2D eigenvalue weighted by Gasteiger charge is 2.36. The Morgan fingerprint density at radius 1 is 1.17 bits per heavy atom. The first-order chi connectivity index (χ1) is 13.9. The molecule has 4 N–H and O–H groups in total. The molecule has 1 aliphatic heterocycles. The quantitative estimate of drug-likeness (QED) is 0.617. The third-order valence-electron chi connectivity index (χ3n) is 4.52. The minimum Gasteiger partial charge on any atom is -0.443 e. The van der Waals surface area contributed by atoms with Crippen LogP contribution in [-0.2, 0) is 10.5 Å². The van der Waals surface area contributed by atoms with Crippen LogP contribution >= 0.6 is 0 Å². The van der Waals surface area contributed by atoms with E-state index < -0.39 is 5.72 Å². The average molecular weight is 386 g/mol. The summed E-state index contributed by atoms with van der Waals surface area (Å²) in [6.07, 6.45) is 1.64. The van der Waals surface area contributed by atoms with E-state index in [2.05, 4.69) is 32.4 Å². The summed E-state index contributed by atoms with van der Waals surface area (Å²) in [5, 5.41) is 7.53. The molecule has 0 saturated heterocycles. The monoisotopic (exact) mass is 386 g/mol. The van der Waals surface area contributed by atoms with Crippen LogP contribution in [0.2, 0.25) is 0 Å². The van der Waals surface area contributed by atoms with Crippen LogP contribution in [0.4, 0.5) is 11.5 Å². The zero-order valence-electron chi connectivity index (χ0n) is 16.3. The van der Waals surface area contributed by atoms with Crippen LogP contribution < -0.4 is 16.5 Å². The first-order valence-corrected chi connectivity index (χ1v) is 9.20. The van der Waals surface area contributed by atoms with Crippen LogP contribution in [0.5, 0.6) is 0 Å². The number of allylic oxidation sites excluding steroid dienone is 1. The number of nitrogens with one attached hydrogen (secondary N) is 2. The van der Waals surface area contributed by atoms with Crippen molar-refractivity contribution in [3.8, 4) is 11.3 Å². The number of hydrogen-bond donors (Lipinski definition) is 3. The second kappa shape index (κ2) is 7.27. The van der Waals surface area contributed by atoms with Gasteiger partial charge in [0.1, 0.15) is 0 Å². The number of hydrogen-bond acceptors (Lipinski definition) is 7. The van der Waals surface area contributed by atoms with Gasteiger partial charge in [0.05, 0.1) is 11.9 Å². The lowest BCUT2D eigenvalue weighted by Crippen LogP contribution is -2.34. The van der Waals surface area contributed by atoms with Crippen LogP contribution in [0.3, 0.4) is 0 Å². The van der Waals surface area contributed by atoms with Gasteiger partial charge in [0.15, 0.2) is 11.5 Å². The Morgan fingerprint density at radius 2 is 1.97 bits per heavy atom. The van der Waals surface area contributed by atoms with Crippen molar-refractivity contribution in [1.82, 2.24) is 15.4 Å². The maximum atomic E-state index is 6.10. The number of nitrogens with zero attached hydrogens (tertiary/aromatic N) is 3. The van der Waals surface area contributed by atoms with E-state index in [1.54, 1.807) is 6.20 Å². The number of aromatic nitrogens is 2. The third-order valence-corrected chi connectivity index (χ3v) is 4.52. The lowest BCUT2D eigenvalue weighted by Gasteiger charge is -2.24. The fourth-order valence-electron chi connectivity index (χ4n) is 3.07. The molecule has 146 valence electrons. The Bertz CT molecular complexity index is 1100. The van der Waals surface area contributed by atoms with Crippen molar-refractivity contribution in [3.63, 3.8) is 0 Å². The van der Waals surface area contributed by atoms with E-state index in [1.807, 2.05) is 68.4 Å². The maximum absolute atomic E-state index is 6.10. The van der Waals surface area contributed by atoms with Crippen LogP contribution in [0, 0.1) is 0 Å². The number of ether oxygens (including phenoxy) is 1. The van der Waals surface area contributed by atoms with Gasteiger partial charge in [-0.25, -0.2) is 9.97 Å². The predicted octanol–water partition coefficient (Wildman–Crippen LogP) is 3.83. The minimum atomic E-state index is -0.800. The van der Waals surface area contributed by atoms with Gasteiger partial charge in [-0.1, -0.05) is 49.0 Å². The molecule has 4 rings (SSSR count). The van der Waals surface area contributed by atoms with Crippen molar-refractivity contribution >= 4 is 17.4 Å². The van der Waals surface area contributed by atoms with Gasteiger partial charge in [-0.15, -0.1) is 5.10 Å². The van der Waals surface area contributed by atoms with Crippen molar-refractivity contribution in [3.05, 3.63) is 84.3 Å². The molecule has 29 heavy (non-hydrogen) atoms. The van der Waals surface area contributed by atoms with E-state index >= 15 is 0 Å². The molecule has 7 heteroatoms. The van der Waals surface area contributed by atoms with Crippen molar-refractivity contribution in [1.29, 1.82) is 0 Å². The lowest BCUT2D eigenvalue weighted by molar-refractivity contribution is 0.0668. The van der Waals surface area contributed by atoms with Gasteiger partial charge in [0.25, 0.3) is 5.90 Å². The molecule has 1 atom stereocenters. The second-order valence-electron chi connectivity index (χ2n) is 7.01. The summed E-state index contributed by atoms with van der Waals surface area (Å²) < 4.78 is 6.10. The fraction of sp³-hybridized carbons (Fsp3) is 0.136. The molecule has 0 fully saturated rings. The fourth-order valence-corrected chi connectivity index (χ4v) is 3.07. The Balaban J connectivity index is 1.64. The molecular weight excluding hydrogens is 364 g/mol. The van der Waals surface area contributed by atoms with E-state index in [-0.39, 0.29) is 5.82 Å². The molecule has 0 bridgehead atoms. The van der Waals surface area contributed by atoms with E-state index in [0.717, 1.165) is 22.5 Å². The van der Waals surface area contributed by atoms with Gasteiger partial charge in [0, 0.05) is 29.4 Å². The third kappa shape index (κ3) is 3.75. The molecule has 7 nitrogen and oxygen atoms in total. The van der Waals surface area contributed by atoms with Gasteiger partial charge in [-0.2, -0.15) is 0 Å². The Hall–Kier alpha value is -3.87. The van der Waals surface area contributed by atoms with Crippen molar-refractivity contribution in [2.75, 3.05) is 11.1 Å². The zero-order chi connectivity index (χ0) is 20.4. The summed E-state index contributed by atoms with van der Waals surface area (Å²) in [7, 11) is 0. The van der Waals surface area contributed by atoms with Gasteiger partial charge >= 0.3 is 0 Å². The summed E-state index contributed by atoms with van der Waals surface area (Å²) in [6, 6.07) is 17.6. The van der Waals surface area contributed by atoms with Crippen molar-refractivity contribution in [2.45, 2.75) is 19.6 Å². The number of nitrogens with two attached hydrogens (primary N) is 1. The van der Waals surface area contributed by atoms with Crippen LogP contribution in [0.25, 0.3) is 11.3 Å². The molecular formula is C22H22N6O. The van der Waals surface area contributed by atoms with Crippen LogP contribution in [-0.4, -0.2) is 15.9 Å². The smallest absolute Gasteiger partial charge is 0.263 e. The number of rotatable bonds is 5. The number of anilines is 2. The topological polar surface area (TPSA) is 97.5 Å². The highest BCUT2D eigenvalue weighted by atomic mass is 16.5. The Labute approximate surface area is 169 Å². The van der Waals surface area contributed by atoms with E-state index in [0.29, 0.717) is 17.3 Å². The molecule has 0 aliphatic carbocycles. The lowest BCUT2D eigenvalue weighted by atomic mass is 10.1. The van der Waals surface area contributed by atoms with Crippen molar-refractivity contribution in [2.24, 2.45) is 5.10 Å². The van der Waals surface area contributed by atoms with E-state index in [1.165, 1.54) is 0 Å². The Kier molecular flexibility index (Phi) is 4.64. The van der Waals surface area contributed by atoms with Gasteiger partial charge in [-0.05, 0) is 19.1 Å². The average Bonchev–Trinajstić information content (AvgIpc) is 3.12. The summed E-state index contributed by atoms with van der Waals surface area (Å²) in [5.74, 6) is 0.558. The maximum Gasteiger partial charge on any atom is 0.263 e. The summed E-state index contributed by atoms with van der Waals surface area (Å²) >= 11 is 0. The number of benzene rings is 2. The molecule has 0 unspecified atom stereocenters. The van der Waals surface area contributed by atoms with Crippen molar-refractivity contribution < 1.29 is 4.74 Å². The first kappa shape index (κ1) is 18.5. The summed E-state index contributed by atoms with van der Waals surface area (Å²) in [4.78, 5) is 8.97. The van der Waals surface area contributed by atoms with Gasteiger partial charge in [0.2, 0.25) is 5.72 Å². The van der Waals surface area contributed by atoms with Crippen LogP contribution in [0.1, 0.15) is 25.1 Å². The van der Waals surface area contributed by atoms with Gasteiger partial charge < -0.3 is 15.8 Å². The highest BCUT2D eigenvalue weighted by Crippen LogP contribution is 2.29. The molecule has 0 spiro atoms. The molecule has 2 heterocycles. The van der Waals surface area contributed by atoms with E-state index in [9.17, 15) is 0 Å². The molecule has 1 aliphatic rings. The largest absolute Gasteiger partial charge is 0.443 e. The summed E-state index contributed by atoms with van der Waals surface area (Å²) in [5.41, 5.74) is 13.0.